The molecule has 0 aliphatic carbocycles. The van der Waals surface area contributed by atoms with Crippen molar-refractivity contribution in [2.45, 2.75) is 12.8 Å². The molecule has 1 heterocycles. The third-order valence-electron chi connectivity index (χ3n) is 3.18. The van der Waals surface area contributed by atoms with Gasteiger partial charge in [0, 0.05) is 24.2 Å². The summed E-state index contributed by atoms with van der Waals surface area (Å²) in [5.74, 6) is -0.202. The van der Waals surface area contributed by atoms with Crippen molar-refractivity contribution in [3.05, 3.63) is 41.5 Å². The van der Waals surface area contributed by atoms with Gasteiger partial charge in [0.15, 0.2) is 17.7 Å². The zero-order valence-electron chi connectivity index (χ0n) is 10.4. The summed E-state index contributed by atoms with van der Waals surface area (Å²) < 4.78 is 5.65. The third-order valence-corrected chi connectivity index (χ3v) is 3.18. The summed E-state index contributed by atoms with van der Waals surface area (Å²) in [6.07, 6.45) is -0.546. The van der Waals surface area contributed by atoms with E-state index in [4.69, 9.17) is 4.74 Å². The summed E-state index contributed by atoms with van der Waals surface area (Å²) in [6, 6.07) is 7.03. The second kappa shape index (κ2) is 4.50. The Kier molecular flexibility index (Phi) is 2.80. The van der Waals surface area contributed by atoms with Gasteiger partial charge < -0.3 is 25.2 Å². The normalized spacial score (nSPS) is 17.3. The Balaban J connectivity index is 1.93. The minimum absolute atomic E-state index is 0.0421. The number of hydrogen-bond acceptors (Lipinski definition) is 6. The first kappa shape index (κ1) is 12.4. The molecule has 2 aromatic carbocycles. The van der Waals surface area contributed by atoms with Gasteiger partial charge in [0.1, 0.15) is 17.2 Å². The number of phenols is 4. The number of fused-ring (bicyclic) bond motifs is 1. The van der Waals surface area contributed by atoms with Crippen LogP contribution >= 0.6 is 0 Å². The van der Waals surface area contributed by atoms with Crippen LogP contribution in [0.15, 0.2) is 30.3 Å². The monoisotopic (exact) mass is 275 g/mol. The van der Waals surface area contributed by atoms with Crippen molar-refractivity contribution in [1.29, 1.82) is 0 Å². The SMILES string of the molecule is Oc1cc(O)c2c(c1)OC(c1ccc(O)c(O)c1)NC2. The van der Waals surface area contributed by atoms with Crippen molar-refractivity contribution >= 4 is 0 Å². The van der Waals surface area contributed by atoms with Gasteiger partial charge in [-0.3, -0.25) is 5.32 Å². The van der Waals surface area contributed by atoms with Crippen LogP contribution in [0.25, 0.3) is 0 Å². The first-order valence-corrected chi connectivity index (χ1v) is 6.01. The van der Waals surface area contributed by atoms with Gasteiger partial charge in [0.25, 0.3) is 0 Å². The van der Waals surface area contributed by atoms with Crippen LogP contribution in [-0.2, 0) is 6.54 Å². The molecule has 0 radical (unpaired) electrons. The lowest BCUT2D eigenvalue weighted by Gasteiger charge is -2.28. The number of ether oxygens (including phenoxy) is 1. The molecular weight excluding hydrogens is 262 g/mol. The maximum atomic E-state index is 9.72. The lowest BCUT2D eigenvalue weighted by molar-refractivity contribution is 0.141. The van der Waals surface area contributed by atoms with E-state index in [1.54, 1.807) is 6.07 Å². The van der Waals surface area contributed by atoms with Crippen molar-refractivity contribution in [2.75, 3.05) is 0 Å². The predicted molar refractivity (Wildman–Crippen MR) is 69.8 cm³/mol. The van der Waals surface area contributed by atoms with E-state index in [2.05, 4.69) is 5.32 Å². The third kappa shape index (κ3) is 2.06. The van der Waals surface area contributed by atoms with E-state index < -0.39 is 6.23 Å². The number of hydrogen-bond donors (Lipinski definition) is 5. The minimum Gasteiger partial charge on any atom is -0.508 e. The first-order valence-electron chi connectivity index (χ1n) is 6.01. The fraction of sp³-hybridized carbons (Fsp3) is 0.143. The van der Waals surface area contributed by atoms with Gasteiger partial charge in [0.05, 0.1) is 5.56 Å². The summed E-state index contributed by atoms with van der Waals surface area (Å²) >= 11 is 0. The van der Waals surface area contributed by atoms with Gasteiger partial charge in [-0.05, 0) is 18.2 Å². The molecule has 1 aliphatic rings. The summed E-state index contributed by atoms with van der Waals surface area (Å²) in [7, 11) is 0. The van der Waals surface area contributed by atoms with Crippen molar-refractivity contribution in [3.63, 3.8) is 0 Å². The van der Waals surface area contributed by atoms with Gasteiger partial charge in [-0.15, -0.1) is 0 Å². The molecule has 0 saturated carbocycles. The number of nitrogens with one attached hydrogen (secondary N) is 1. The number of rotatable bonds is 1. The molecule has 3 rings (SSSR count). The topological polar surface area (TPSA) is 102 Å². The highest BCUT2D eigenvalue weighted by Crippen LogP contribution is 2.38. The Hall–Kier alpha value is -2.60. The molecule has 2 aromatic rings. The van der Waals surface area contributed by atoms with Crippen molar-refractivity contribution in [1.82, 2.24) is 5.32 Å². The van der Waals surface area contributed by atoms with E-state index in [0.717, 1.165) is 0 Å². The average molecular weight is 275 g/mol. The van der Waals surface area contributed by atoms with Crippen molar-refractivity contribution in [3.8, 4) is 28.7 Å². The molecular formula is C14H13NO5. The predicted octanol–water partition coefficient (Wildman–Crippen LogP) is 1.69. The molecule has 6 nitrogen and oxygen atoms in total. The Morgan fingerprint density at radius 1 is 0.950 bits per heavy atom. The van der Waals surface area contributed by atoms with Gasteiger partial charge >= 0.3 is 0 Å². The van der Waals surface area contributed by atoms with Crippen LogP contribution in [0.3, 0.4) is 0 Å². The largest absolute Gasteiger partial charge is 0.508 e. The number of aromatic hydroxyl groups is 4. The average Bonchev–Trinajstić information content (AvgIpc) is 2.41. The molecule has 0 fully saturated rings. The Morgan fingerprint density at radius 3 is 2.50 bits per heavy atom. The summed E-state index contributed by atoms with van der Waals surface area (Å²) in [5, 5.41) is 41.0. The zero-order chi connectivity index (χ0) is 14.3. The molecule has 0 saturated heterocycles. The summed E-state index contributed by atoms with van der Waals surface area (Å²) in [5.41, 5.74) is 1.18. The van der Waals surface area contributed by atoms with Gasteiger partial charge in [0.2, 0.25) is 0 Å². The Labute approximate surface area is 114 Å². The van der Waals surface area contributed by atoms with E-state index in [-0.39, 0.29) is 23.0 Å². The van der Waals surface area contributed by atoms with Crippen LogP contribution in [-0.4, -0.2) is 20.4 Å². The molecule has 0 aromatic heterocycles. The fourth-order valence-electron chi connectivity index (χ4n) is 2.15. The van der Waals surface area contributed by atoms with Crippen LogP contribution in [0.5, 0.6) is 28.7 Å². The highest BCUT2D eigenvalue weighted by Gasteiger charge is 2.24. The minimum atomic E-state index is -0.546. The van der Waals surface area contributed by atoms with E-state index in [9.17, 15) is 20.4 Å². The molecule has 20 heavy (non-hydrogen) atoms. The fourth-order valence-corrected chi connectivity index (χ4v) is 2.15. The molecule has 1 unspecified atom stereocenters. The molecule has 1 atom stereocenters. The molecule has 6 heteroatoms. The summed E-state index contributed by atoms with van der Waals surface area (Å²) in [6.45, 7) is 0.355. The summed E-state index contributed by atoms with van der Waals surface area (Å²) in [4.78, 5) is 0. The van der Waals surface area contributed by atoms with E-state index >= 15 is 0 Å². The number of benzene rings is 2. The maximum Gasteiger partial charge on any atom is 0.176 e. The molecule has 0 bridgehead atoms. The van der Waals surface area contributed by atoms with E-state index in [0.29, 0.717) is 23.4 Å². The van der Waals surface area contributed by atoms with E-state index in [1.165, 1.54) is 24.3 Å². The van der Waals surface area contributed by atoms with Crippen LogP contribution in [0.2, 0.25) is 0 Å². The molecule has 1 aliphatic heterocycles. The lowest BCUT2D eigenvalue weighted by atomic mass is 10.1. The van der Waals surface area contributed by atoms with Crippen LogP contribution in [0.4, 0.5) is 0 Å². The molecule has 5 N–H and O–H groups in total. The highest BCUT2D eigenvalue weighted by molar-refractivity contribution is 5.51. The first-order chi connectivity index (χ1) is 9.54. The molecule has 0 spiro atoms. The highest BCUT2D eigenvalue weighted by atomic mass is 16.5. The zero-order valence-corrected chi connectivity index (χ0v) is 10.4. The van der Waals surface area contributed by atoms with Crippen LogP contribution < -0.4 is 10.1 Å². The van der Waals surface area contributed by atoms with E-state index in [1.807, 2.05) is 0 Å². The van der Waals surface area contributed by atoms with Crippen molar-refractivity contribution < 1.29 is 25.2 Å². The smallest absolute Gasteiger partial charge is 0.176 e. The van der Waals surface area contributed by atoms with Gasteiger partial charge in [-0.2, -0.15) is 0 Å². The second-order valence-corrected chi connectivity index (χ2v) is 4.57. The maximum absolute atomic E-state index is 9.72. The quantitative estimate of drug-likeness (QED) is 0.508. The lowest BCUT2D eigenvalue weighted by Crippen LogP contribution is -2.30. The Bertz CT molecular complexity index is 671. The molecule has 0 amide bonds. The van der Waals surface area contributed by atoms with Gasteiger partial charge in [-0.1, -0.05) is 0 Å². The van der Waals surface area contributed by atoms with Gasteiger partial charge in [-0.25, -0.2) is 0 Å². The van der Waals surface area contributed by atoms with Crippen molar-refractivity contribution in [2.24, 2.45) is 0 Å². The number of phenolic OH excluding ortho intramolecular Hbond substituents is 4. The Morgan fingerprint density at radius 2 is 1.75 bits per heavy atom. The molecule has 104 valence electrons. The van der Waals surface area contributed by atoms with Crippen LogP contribution in [0.1, 0.15) is 17.4 Å². The standard InChI is InChI=1S/C14H13NO5/c16-8-4-11(18)9-6-15-14(20-13(9)5-8)7-1-2-10(17)12(19)3-7/h1-5,14-19H,6H2. The van der Waals surface area contributed by atoms with Crippen LogP contribution in [0, 0.1) is 0 Å². The second-order valence-electron chi connectivity index (χ2n) is 4.57.